The highest BCUT2D eigenvalue weighted by molar-refractivity contribution is 7.08. The highest BCUT2D eigenvalue weighted by Gasteiger charge is 2.40. The third kappa shape index (κ3) is 2.90. The fourth-order valence-corrected chi connectivity index (χ4v) is 4.08. The molecule has 0 unspecified atom stereocenters. The Morgan fingerprint density at radius 2 is 1.92 bits per heavy atom. The van der Waals surface area contributed by atoms with Crippen molar-refractivity contribution in [1.29, 1.82) is 0 Å². The molecule has 2 aromatic heterocycles. The van der Waals surface area contributed by atoms with E-state index in [9.17, 15) is 4.79 Å². The zero-order valence-corrected chi connectivity index (χ0v) is 14.8. The minimum atomic E-state index is -0.988. The first-order chi connectivity index (χ1) is 12.6. The number of nitrogens with one attached hydrogen (secondary N) is 1. The van der Waals surface area contributed by atoms with E-state index in [2.05, 4.69) is 20.9 Å². The lowest BCUT2D eigenvalue weighted by atomic mass is 9.71. The minimum Gasteiger partial charge on any atom is -0.465 e. The Labute approximate surface area is 154 Å². The van der Waals surface area contributed by atoms with Crippen LogP contribution >= 0.6 is 11.3 Å². The van der Waals surface area contributed by atoms with Gasteiger partial charge in [0.2, 0.25) is 0 Å². The molecule has 1 fully saturated rings. The Hall–Kier alpha value is -2.93. The van der Waals surface area contributed by atoms with Crippen molar-refractivity contribution in [1.82, 2.24) is 15.5 Å². The molecule has 0 spiro atoms. The van der Waals surface area contributed by atoms with E-state index in [1.165, 1.54) is 0 Å². The molecule has 1 saturated carbocycles. The van der Waals surface area contributed by atoms with Gasteiger partial charge in [-0.1, -0.05) is 24.3 Å². The van der Waals surface area contributed by atoms with Gasteiger partial charge in [-0.2, -0.15) is 11.3 Å². The van der Waals surface area contributed by atoms with E-state index in [4.69, 9.17) is 10.8 Å². The number of nitrogens with two attached hydrogens (primary N) is 1. The third-order valence-electron chi connectivity index (χ3n) is 4.91. The molecule has 0 radical (unpaired) electrons. The first kappa shape index (κ1) is 16.5. The van der Waals surface area contributed by atoms with Crippen LogP contribution in [0.25, 0.3) is 22.4 Å². The summed E-state index contributed by atoms with van der Waals surface area (Å²) in [5.74, 6) is 0.380. The molecule has 1 amide bonds. The lowest BCUT2D eigenvalue weighted by molar-refractivity contribution is 0.144. The van der Waals surface area contributed by atoms with Crippen LogP contribution < -0.4 is 11.1 Å². The van der Waals surface area contributed by atoms with Gasteiger partial charge in [-0.3, -0.25) is 0 Å². The first-order valence-corrected chi connectivity index (χ1v) is 9.29. The molecule has 2 heterocycles. The van der Waals surface area contributed by atoms with Crippen molar-refractivity contribution < 1.29 is 9.90 Å². The molecule has 1 aliphatic rings. The van der Waals surface area contributed by atoms with Gasteiger partial charge in [0, 0.05) is 11.1 Å². The van der Waals surface area contributed by atoms with Crippen molar-refractivity contribution >= 4 is 23.2 Å². The maximum absolute atomic E-state index is 11.1. The van der Waals surface area contributed by atoms with Crippen molar-refractivity contribution in [3.8, 4) is 22.4 Å². The fraction of sp³-hybridized carbons (Fsp3) is 0.211. The van der Waals surface area contributed by atoms with Gasteiger partial charge in [-0.25, -0.2) is 4.79 Å². The average Bonchev–Trinajstić information content (AvgIpc) is 3.13. The Balaban J connectivity index is 1.71. The SMILES string of the molecule is Nc1cc(-c2ccsc2)c(-c2ccc(C3(NC(=O)O)CCC3)cc2)nn1. The summed E-state index contributed by atoms with van der Waals surface area (Å²) >= 11 is 1.61. The quantitative estimate of drug-likeness (QED) is 0.645. The van der Waals surface area contributed by atoms with Gasteiger partial charge in [0.05, 0.1) is 5.54 Å². The number of anilines is 1. The molecule has 132 valence electrons. The number of hydrogen-bond donors (Lipinski definition) is 3. The number of carbonyl (C=O) groups is 1. The lowest BCUT2D eigenvalue weighted by Gasteiger charge is -2.42. The van der Waals surface area contributed by atoms with E-state index in [1.54, 1.807) is 11.3 Å². The minimum absolute atomic E-state index is 0.380. The number of amides is 1. The fourth-order valence-electron chi connectivity index (χ4n) is 3.43. The van der Waals surface area contributed by atoms with E-state index < -0.39 is 11.6 Å². The maximum Gasteiger partial charge on any atom is 0.405 e. The van der Waals surface area contributed by atoms with Crippen LogP contribution in [0, 0.1) is 0 Å². The summed E-state index contributed by atoms with van der Waals surface area (Å²) in [5, 5.41) is 24.2. The van der Waals surface area contributed by atoms with Crippen LogP contribution in [0.1, 0.15) is 24.8 Å². The second kappa shape index (κ2) is 6.42. The Morgan fingerprint density at radius 1 is 1.15 bits per heavy atom. The summed E-state index contributed by atoms with van der Waals surface area (Å²) in [5.41, 5.74) is 10.0. The predicted molar refractivity (Wildman–Crippen MR) is 102 cm³/mol. The van der Waals surface area contributed by atoms with Crippen LogP contribution in [0.15, 0.2) is 47.2 Å². The van der Waals surface area contributed by atoms with Gasteiger partial charge in [0.25, 0.3) is 0 Å². The average molecular weight is 366 g/mol. The number of aromatic nitrogens is 2. The molecule has 7 heteroatoms. The first-order valence-electron chi connectivity index (χ1n) is 8.35. The Kier molecular flexibility index (Phi) is 4.08. The van der Waals surface area contributed by atoms with Crippen LogP contribution in [0.3, 0.4) is 0 Å². The summed E-state index contributed by atoms with van der Waals surface area (Å²) < 4.78 is 0. The van der Waals surface area contributed by atoms with Crippen LogP contribution in [-0.2, 0) is 5.54 Å². The molecule has 4 N–H and O–H groups in total. The zero-order chi connectivity index (χ0) is 18.1. The summed E-state index contributed by atoms with van der Waals surface area (Å²) in [6.07, 6.45) is 1.67. The monoisotopic (exact) mass is 366 g/mol. The standard InChI is InChI=1S/C19H18N4O2S/c20-16-10-15(13-6-9-26-11-13)17(23-22-16)12-2-4-14(5-3-12)19(7-1-8-19)21-18(24)25/h2-6,9-11,21H,1,7-8H2,(H2,20,22)(H,24,25). The molecular weight excluding hydrogens is 348 g/mol. The smallest absolute Gasteiger partial charge is 0.405 e. The van der Waals surface area contributed by atoms with E-state index in [1.807, 2.05) is 41.8 Å². The van der Waals surface area contributed by atoms with Crippen molar-refractivity contribution in [2.75, 3.05) is 5.73 Å². The normalized spacial score (nSPS) is 15.2. The number of nitrogens with zero attached hydrogens (tertiary/aromatic N) is 2. The van der Waals surface area contributed by atoms with Crippen LogP contribution in [0.2, 0.25) is 0 Å². The summed E-state index contributed by atoms with van der Waals surface area (Å²) in [4.78, 5) is 11.1. The number of thiophene rings is 1. The highest BCUT2D eigenvalue weighted by atomic mass is 32.1. The molecule has 3 aromatic rings. The van der Waals surface area contributed by atoms with Crippen molar-refractivity contribution in [2.24, 2.45) is 0 Å². The molecule has 1 aromatic carbocycles. The largest absolute Gasteiger partial charge is 0.465 e. The second-order valence-electron chi connectivity index (χ2n) is 6.49. The van der Waals surface area contributed by atoms with Gasteiger partial charge in [-0.05, 0) is 53.3 Å². The van der Waals surface area contributed by atoms with Crippen molar-refractivity contribution in [3.05, 3.63) is 52.7 Å². The molecule has 26 heavy (non-hydrogen) atoms. The number of hydrogen-bond acceptors (Lipinski definition) is 5. The van der Waals surface area contributed by atoms with E-state index in [-0.39, 0.29) is 0 Å². The lowest BCUT2D eigenvalue weighted by Crippen LogP contribution is -2.50. The predicted octanol–water partition coefficient (Wildman–Crippen LogP) is 4.10. The molecule has 0 bridgehead atoms. The van der Waals surface area contributed by atoms with E-state index in [0.717, 1.165) is 47.2 Å². The zero-order valence-electron chi connectivity index (χ0n) is 14.0. The van der Waals surface area contributed by atoms with Gasteiger partial charge < -0.3 is 16.2 Å². The number of nitrogen functional groups attached to an aromatic ring is 1. The molecule has 0 aliphatic heterocycles. The highest BCUT2D eigenvalue weighted by Crippen LogP contribution is 2.42. The van der Waals surface area contributed by atoms with Crippen LogP contribution in [0.4, 0.5) is 10.6 Å². The number of rotatable bonds is 4. The Bertz CT molecular complexity index is 935. The second-order valence-corrected chi connectivity index (χ2v) is 7.27. The summed E-state index contributed by atoms with van der Waals surface area (Å²) in [7, 11) is 0. The molecular formula is C19H18N4O2S. The number of benzene rings is 1. The van der Waals surface area contributed by atoms with E-state index in [0.29, 0.717) is 5.82 Å². The van der Waals surface area contributed by atoms with Gasteiger partial charge in [0.15, 0.2) is 0 Å². The van der Waals surface area contributed by atoms with Gasteiger partial charge in [0.1, 0.15) is 11.5 Å². The summed E-state index contributed by atoms with van der Waals surface area (Å²) in [6.45, 7) is 0. The number of carboxylic acid groups (broad SMARTS) is 1. The Morgan fingerprint density at radius 3 is 2.50 bits per heavy atom. The van der Waals surface area contributed by atoms with Gasteiger partial charge >= 0.3 is 6.09 Å². The maximum atomic E-state index is 11.1. The molecule has 6 nitrogen and oxygen atoms in total. The van der Waals surface area contributed by atoms with E-state index >= 15 is 0 Å². The van der Waals surface area contributed by atoms with Crippen LogP contribution in [-0.4, -0.2) is 21.4 Å². The third-order valence-corrected chi connectivity index (χ3v) is 5.59. The molecule has 0 saturated heterocycles. The summed E-state index contributed by atoms with van der Waals surface area (Å²) in [6, 6.07) is 11.7. The topological polar surface area (TPSA) is 101 Å². The van der Waals surface area contributed by atoms with Gasteiger partial charge in [-0.15, -0.1) is 10.2 Å². The molecule has 4 rings (SSSR count). The van der Waals surface area contributed by atoms with Crippen molar-refractivity contribution in [3.63, 3.8) is 0 Å². The van der Waals surface area contributed by atoms with Crippen LogP contribution in [0.5, 0.6) is 0 Å². The molecule has 0 atom stereocenters. The molecule has 1 aliphatic carbocycles. The van der Waals surface area contributed by atoms with Crippen molar-refractivity contribution in [2.45, 2.75) is 24.8 Å².